The molecule has 6 nitrogen and oxygen atoms in total. The highest BCUT2D eigenvalue weighted by Gasteiger charge is 2.27. The SMILES string of the molecule is O=C(O)Cc1ccccc1CNC(CO)(CO)CO. The van der Waals surface area contributed by atoms with E-state index in [0.717, 1.165) is 5.56 Å². The number of carboxylic acids is 1. The first-order chi connectivity index (χ1) is 9.06. The summed E-state index contributed by atoms with van der Waals surface area (Å²) < 4.78 is 0. The highest BCUT2D eigenvalue weighted by Crippen LogP contribution is 2.12. The van der Waals surface area contributed by atoms with E-state index in [-0.39, 0.29) is 13.0 Å². The minimum Gasteiger partial charge on any atom is -0.481 e. The van der Waals surface area contributed by atoms with Crippen molar-refractivity contribution in [2.75, 3.05) is 19.8 Å². The van der Waals surface area contributed by atoms with Crippen LogP contribution >= 0.6 is 0 Å². The molecule has 0 aromatic heterocycles. The topological polar surface area (TPSA) is 110 Å². The molecule has 1 aromatic rings. The largest absolute Gasteiger partial charge is 0.481 e. The Morgan fingerprint density at radius 3 is 2.05 bits per heavy atom. The maximum absolute atomic E-state index is 10.8. The van der Waals surface area contributed by atoms with Gasteiger partial charge >= 0.3 is 5.97 Å². The molecule has 0 saturated carbocycles. The molecule has 0 spiro atoms. The Hall–Kier alpha value is -1.47. The van der Waals surface area contributed by atoms with Crippen molar-refractivity contribution in [3.63, 3.8) is 0 Å². The first-order valence-electron chi connectivity index (χ1n) is 5.93. The van der Waals surface area contributed by atoms with Crippen molar-refractivity contribution in [2.24, 2.45) is 0 Å². The second-order valence-electron chi connectivity index (χ2n) is 4.45. The smallest absolute Gasteiger partial charge is 0.307 e. The minimum absolute atomic E-state index is 0.0950. The summed E-state index contributed by atoms with van der Waals surface area (Å²) in [7, 11) is 0. The van der Waals surface area contributed by atoms with Gasteiger partial charge in [0.15, 0.2) is 0 Å². The summed E-state index contributed by atoms with van der Waals surface area (Å²) in [6, 6.07) is 7.01. The van der Waals surface area contributed by atoms with E-state index in [2.05, 4.69) is 5.32 Å². The summed E-state index contributed by atoms with van der Waals surface area (Å²) >= 11 is 0. The lowest BCUT2D eigenvalue weighted by Crippen LogP contribution is -2.54. The molecule has 5 N–H and O–H groups in total. The van der Waals surface area contributed by atoms with E-state index in [4.69, 9.17) is 5.11 Å². The van der Waals surface area contributed by atoms with Crippen molar-refractivity contribution in [2.45, 2.75) is 18.5 Å². The highest BCUT2D eigenvalue weighted by atomic mass is 16.4. The zero-order chi connectivity index (χ0) is 14.3. The maximum Gasteiger partial charge on any atom is 0.307 e. The van der Waals surface area contributed by atoms with Crippen molar-refractivity contribution < 1.29 is 25.2 Å². The van der Waals surface area contributed by atoms with E-state index in [0.29, 0.717) is 5.56 Å². The summed E-state index contributed by atoms with van der Waals surface area (Å²) in [6.45, 7) is -0.992. The average molecular weight is 269 g/mol. The second kappa shape index (κ2) is 7.20. The molecule has 0 bridgehead atoms. The standard InChI is InChI=1S/C13H19NO5/c15-7-13(8-16,9-17)14-6-11-4-2-1-3-10(11)5-12(18)19/h1-4,14-17H,5-9H2,(H,18,19). The van der Waals surface area contributed by atoms with Crippen LogP contribution in [0.1, 0.15) is 11.1 Å². The zero-order valence-electron chi connectivity index (χ0n) is 10.5. The Morgan fingerprint density at radius 2 is 1.58 bits per heavy atom. The Bertz CT molecular complexity index is 409. The van der Waals surface area contributed by atoms with Crippen molar-refractivity contribution >= 4 is 5.97 Å². The van der Waals surface area contributed by atoms with Crippen molar-refractivity contribution in [1.82, 2.24) is 5.32 Å². The molecule has 0 aliphatic heterocycles. The number of hydrogen-bond donors (Lipinski definition) is 5. The average Bonchev–Trinajstić information content (AvgIpc) is 2.42. The fraction of sp³-hybridized carbons (Fsp3) is 0.462. The van der Waals surface area contributed by atoms with Crippen molar-refractivity contribution in [1.29, 1.82) is 0 Å². The van der Waals surface area contributed by atoms with Gasteiger partial charge in [0.25, 0.3) is 0 Å². The number of carbonyl (C=O) groups is 1. The molecular formula is C13H19NO5. The van der Waals surface area contributed by atoms with E-state index in [9.17, 15) is 20.1 Å². The first-order valence-corrected chi connectivity index (χ1v) is 5.93. The van der Waals surface area contributed by atoms with Crippen LogP contribution in [0.15, 0.2) is 24.3 Å². The van der Waals surface area contributed by atoms with Crippen LogP contribution in [0.4, 0.5) is 0 Å². The van der Waals surface area contributed by atoms with Gasteiger partial charge in [0.05, 0.1) is 31.8 Å². The van der Waals surface area contributed by atoms with Gasteiger partial charge in [-0.25, -0.2) is 0 Å². The summed E-state index contributed by atoms with van der Waals surface area (Å²) in [5.74, 6) is -0.926. The Morgan fingerprint density at radius 1 is 1.05 bits per heavy atom. The van der Waals surface area contributed by atoms with Gasteiger partial charge in [0.1, 0.15) is 0 Å². The van der Waals surface area contributed by atoms with E-state index >= 15 is 0 Å². The predicted octanol–water partition coefficient (Wildman–Crippen LogP) is -0.881. The van der Waals surface area contributed by atoms with Gasteiger partial charge < -0.3 is 25.7 Å². The molecule has 0 atom stereocenters. The third-order valence-corrected chi connectivity index (χ3v) is 3.02. The van der Waals surface area contributed by atoms with E-state index < -0.39 is 31.3 Å². The molecule has 6 heteroatoms. The summed E-state index contributed by atoms with van der Waals surface area (Å²) in [6.07, 6.45) is -0.0950. The predicted molar refractivity (Wildman–Crippen MR) is 68.6 cm³/mol. The van der Waals surface area contributed by atoms with Gasteiger partial charge in [0, 0.05) is 6.54 Å². The molecule has 1 aromatic carbocycles. The molecule has 0 unspecified atom stereocenters. The Labute approximate surface area is 111 Å². The second-order valence-corrected chi connectivity index (χ2v) is 4.45. The molecule has 0 radical (unpaired) electrons. The number of nitrogens with one attached hydrogen (secondary N) is 1. The van der Waals surface area contributed by atoms with Gasteiger partial charge in [-0.2, -0.15) is 0 Å². The first kappa shape index (κ1) is 15.6. The van der Waals surface area contributed by atoms with Crippen LogP contribution in [0, 0.1) is 0 Å². The number of rotatable bonds is 8. The van der Waals surface area contributed by atoms with Gasteiger partial charge in [-0.15, -0.1) is 0 Å². The normalized spacial score (nSPS) is 11.5. The third-order valence-electron chi connectivity index (χ3n) is 3.02. The quantitative estimate of drug-likeness (QED) is 0.419. The van der Waals surface area contributed by atoms with Crippen LogP contribution < -0.4 is 5.32 Å². The molecule has 0 aliphatic rings. The van der Waals surface area contributed by atoms with E-state index in [1.165, 1.54) is 0 Å². The van der Waals surface area contributed by atoms with Gasteiger partial charge in [-0.3, -0.25) is 4.79 Å². The molecule has 0 heterocycles. The molecule has 19 heavy (non-hydrogen) atoms. The highest BCUT2D eigenvalue weighted by molar-refractivity contribution is 5.70. The molecule has 106 valence electrons. The van der Waals surface area contributed by atoms with Gasteiger partial charge in [0.2, 0.25) is 0 Å². The molecule has 1 rings (SSSR count). The monoisotopic (exact) mass is 269 g/mol. The van der Waals surface area contributed by atoms with Crippen LogP contribution in [0.25, 0.3) is 0 Å². The number of hydrogen-bond acceptors (Lipinski definition) is 5. The van der Waals surface area contributed by atoms with Crippen molar-refractivity contribution in [3.8, 4) is 0 Å². The van der Waals surface area contributed by atoms with Crippen molar-refractivity contribution in [3.05, 3.63) is 35.4 Å². The van der Waals surface area contributed by atoms with Crippen LogP contribution in [0.5, 0.6) is 0 Å². The Kier molecular flexibility index (Phi) is 5.91. The van der Waals surface area contributed by atoms with Crippen LogP contribution in [-0.4, -0.2) is 51.8 Å². The van der Waals surface area contributed by atoms with Crippen LogP contribution in [0.3, 0.4) is 0 Å². The minimum atomic E-state index is -1.17. The number of aliphatic hydroxyl groups is 3. The van der Waals surface area contributed by atoms with E-state index in [1.54, 1.807) is 24.3 Å². The molecular weight excluding hydrogens is 250 g/mol. The van der Waals surface area contributed by atoms with Gasteiger partial charge in [-0.1, -0.05) is 24.3 Å². The lowest BCUT2D eigenvalue weighted by atomic mass is 10.0. The molecule has 0 amide bonds. The summed E-state index contributed by atoms with van der Waals surface area (Å²) in [4.78, 5) is 10.8. The lowest BCUT2D eigenvalue weighted by Gasteiger charge is -2.29. The fourth-order valence-corrected chi connectivity index (χ4v) is 1.67. The number of aliphatic carboxylic acids is 1. The molecule has 0 aliphatic carbocycles. The maximum atomic E-state index is 10.8. The summed E-state index contributed by atoms with van der Waals surface area (Å²) in [5.41, 5.74) is 0.242. The number of benzene rings is 1. The molecule has 0 saturated heterocycles. The van der Waals surface area contributed by atoms with Crippen LogP contribution in [0.2, 0.25) is 0 Å². The fourth-order valence-electron chi connectivity index (χ4n) is 1.67. The van der Waals surface area contributed by atoms with E-state index in [1.807, 2.05) is 0 Å². The lowest BCUT2D eigenvalue weighted by molar-refractivity contribution is -0.136. The zero-order valence-corrected chi connectivity index (χ0v) is 10.5. The third kappa shape index (κ3) is 4.29. The Balaban J connectivity index is 2.79. The summed E-state index contributed by atoms with van der Waals surface area (Å²) in [5, 5.41) is 39.3. The number of carboxylic acid groups (broad SMARTS) is 1. The van der Waals surface area contributed by atoms with Crippen LogP contribution in [-0.2, 0) is 17.8 Å². The van der Waals surface area contributed by atoms with Gasteiger partial charge in [-0.05, 0) is 11.1 Å². The number of aliphatic hydroxyl groups excluding tert-OH is 3. The molecule has 0 fully saturated rings.